The summed E-state index contributed by atoms with van der Waals surface area (Å²) in [4.78, 5) is 3.78. The lowest BCUT2D eigenvalue weighted by atomic mass is 10.3. The van der Waals surface area contributed by atoms with Crippen molar-refractivity contribution in [3.8, 4) is 0 Å². The fourth-order valence-electron chi connectivity index (χ4n) is 2.34. The zero-order valence-corrected chi connectivity index (χ0v) is 11.6. The van der Waals surface area contributed by atoms with Crippen molar-refractivity contribution >= 4 is 22.8 Å². The van der Waals surface area contributed by atoms with Crippen LogP contribution in [0.3, 0.4) is 0 Å². The third-order valence-electron chi connectivity index (χ3n) is 3.40. The Bertz CT molecular complexity index is 540. The monoisotopic (exact) mass is 262 g/mol. The first-order chi connectivity index (χ1) is 8.66. The molecule has 3 rings (SSSR count). The second-order valence-electron chi connectivity index (χ2n) is 4.88. The second-order valence-corrected chi connectivity index (χ2v) is 5.92. The Morgan fingerprint density at radius 2 is 2.33 bits per heavy atom. The van der Waals surface area contributed by atoms with Gasteiger partial charge in [-0.3, -0.25) is 4.68 Å². The molecule has 4 nitrogen and oxygen atoms in total. The fourth-order valence-corrected chi connectivity index (χ4v) is 3.04. The molecule has 1 fully saturated rings. The van der Waals surface area contributed by atoms with E-state index in [4.69, 9.17) is 5.73 Å². The number of thiophene rings is 1. The summed E-state index contributed by atoms with van der Waals surface area (Å²) in [6, 6.07) is 4.91. The summed E-state index contributed by atoms with van der Waals surface area (Å²) in [7, 11) is 1.97. The topological polar surface area (TPSA) is 47.1 Å². The Balaban J connectivity index is 1.94. The van der Waals surface area contributed by atoms with Gasteiger partial charge in [-0.2, -0.15) is 5.10 Å². The lowest BCUT2D eigenvalue weighted by Crippen LogP contribution is -2.27. The molecule has 0 amide bonds. The van der Waals surface area contributed by atoms with Gasteiger partial charge in [0.2, 0.25) is 0 Å². The van der Waals surface area contributed by atoms with Gasteiger partial charge < -0.3 is 10.6 Å². The second kappa shape index (κ2) is 4.31. The van der Waals surface area contributed by atoms with Crippen molar-refractivity contribution in [2.45, 2.75) is 32.4 Å². The normalized spacial score (nSPS) is 15.0. The van der Waals surface area contributed by atoms with E-state index in [1.165, 1.54) is 17.7 Å². The van der Waals surface area contributed by atoms with Crippen LogP contribution in [0, 0.1) is 6.92 Å². The average Bonchev–Trinajstić information content (AvgIpc) is 2.99. The van der Waals surface area contributed by atoms with Crippen LogP contribution in [-0.4, -0.2) is 15.8 Å². The highest BCUT2D eigenvalue weighted by atomic mass is 32.1. The maximum Gasteiger partial charge on any atom is 0.150 e. The highest BCUT2D eigenvalue weighted by Gasteiger charge is 2.32. The van der Waals surface area contributed by atoms with Crippen LogP contribution in [0.5, 0.6) is 0 Å². The van der Waals surface area contributed by atoms with Crippen LogP contribution in [0.15, 0.2) is 17.5 Å². The first kappa shape index (κ1) is 11.6. The molecule has 2 N–H and O–H groups in total. The van der Waals surface area contributed by atoms with E-state index in [0.29, 0.717) is 6.04 Å². The Morgan fingerprint density at radius 3 is 2.83 bits per heavy atom. The van der Waals surface area contributed by atoms with Gasteiger partial charge in [-0.05, 0) is 31.2 Å². The molecule has 0 unspecified atom stereocenters. The molecule has 0 radical (unpaired) electrons. The number of nitrogens with zero attached hydrogens (tertiary/aromatic N) is 3. The summed E-state index contributed by atoms with van der Waals surface area (Å²) in [5.41, 5.74) is 7.92. The van der Waals surface area contributed by atoms with Crippen LogP contribution in [0.4, 0.5) is 11.5 Å². The first-order valence-electron chi connectivity index (χ1n) is 6.25. The summed E-state index contributed by atoms with van der Waals surface area (Å²) < 4.78 is 1.91. The summed E-state index contributed by atoms with van der Waals surface area (Å²) in [6.45, 7) is 2.90. The van der Waals surface area contributed by atoms with Crippen molar-refractivity contribution in [2.75, 3.05) is 10.6 Å². The molecule has 0 aromatic carbocycles. The number of nitrogen functional groups attached to an aromatic ring is 1. The number of aryl methyl sites for hydroxylation is 2. The van der Waals surface area contributed by atoms with E-state index in [9.17, 15) is 0 Å². The molecule has 1 aliphatic rings. The smallest absolute Gasteiger partial charge is 0.150 e. The van der Waals surface area contributed by atoms with Crippen molar-refractivity contribution < 1.29 is 0 Å². The van der Waals surface area contributed by atoms with Gasteiger partial charge in [-0.1, -0.05) is 6.07 Å². The molecular weight excluding hydrogens is 244 g/mol. The number of hydrogen-bond acceptors (Lipinski definition) is 4. The van der Waals surface area contributed by atoms with Crippen molar-refractivity contribution in [1.82, 2.24) is 9.78 Å². The summed E-state index contributed by atoms with van der Waals surface area (Å²) in [5.74, 6) is 1.07. The summed E-state index contributed by atoms with van der Waals surface area (Å²) in [5, 5.41) is 6.55. The van der Waals surface area contributed by atoms with E-state index in [2.05, 4.69) is 27.5 Å². The van der Waals surface area contributed by atoms with Crippen LogP contribution < -0.4 is 10.6 Å². The quantitative estimate of drug-likeness (QED) is 0.921. The maximum atomic E-state index is 6.18. The number of aromatic nitrogens is 2. The van der Waals surface area contributed by atoms with Crippen LogP contribution in [0.2, 0.25) is 0 Å². The molecule has 1 aliphatic carbocycles. The number of hydrogen-bond donors (Lipinski definition) is 1. The van der Waals surface area contributed by atoms with Gasteiger partial charge in [0.25, 0.3) is 0 Å². The molecule has 5 heteroatoms. The van der Waals surface area contributed by atoms with Crippen molar-refractivity contribution in [1.29, 1.82) is 0 Å². The highest BCUT2D eigenvalue weighted by Crippen LogP contribution is 2.37. The van der Waals surface area contributed by atoms with E-state index in [1.54, 1.807) is 11.3 Å². The third kappa shape index (κ3) is 1.99. The number of nitrogens with two attached hydrogens (primary N) is 1. The molecule has 2 aromatic heterocycles. The molecule has 1 saturated carbocycles. The van der Waals surface area contributed by atoms with Crippen LogP contribution >= 0.6 is 11.3 Å². The van der Waals surface area contributed by atoms with Crippen LogP contribution in [0.25, 0.3) is 0 Å². The minimum atomic E-state index is 0.629. The molecule has 18 heavy (non-hydrogen) atoms. The molecule has 0 saturated heterocycles. The van der Waals surface area contributed by atoms with Crippen LogP contribution in [-0.2, 0) is 13.6 Å². The Kier molecular flexibility index (Phi) is 2.78. The van der Waals surface area contributed by atoms with Gasteiger partial charge in [0, 0.05) is 18.0 Å². The first-order valence-corrected chi connectivity index (χ1v) is 7.13. The van der Waals surface area contributed by atoms with Gasteiger partial charge in [0.05, 0.1) is 17.9 Å². The molecule has 0 bridgehead atoms. The van der Waals surface area contributed by atoms with E-state index in [-0.39, 0.29) is 0 Å². The third-order valence-corrected chi connectivity index (χ3v) is 4.26. The molecular formula is C13H18N4S. The van der Waals surface area contributed by atoms with Gasteiger partial charge >= 0.3 is 0 Å². The molecule has 96 valence electrons. The van der Waals surface area contributed by atoms with E-state index in [0.717, 1.165) is 23.7 Å². The van der Waals surface area contributed by atoms with Crippen LogP contribution in [0.1, 0.15) is 23.4 Å². The standard InChI is InChI=1S/C13H18N4S/c1-9-12(14)13(16(2)15-9)17(10-5-6-10)8-11-4-3-7-18-11/h3-4,7,10H,5-6,8,14H2,1-2H3. The highest BCUT2D eigenvalue weighted by molar-refractivity contribution is 7.09. The lowest BCUT2D eigenvalue weighted by molar-refractivity contribution is 0.695. The number of rotatable bonds is 4. The van der Waals surface area contributed by atoms with Crippen molar-refractivity contribution in [2.24, 2.45) is 7.05 Å². The van der Waals surface area contributed by atoms with Gasteiger partial charge in [-0.25, -0.2) is 0 Å². The summed E-state index contributed by atoms with van der Waals surface area (Å²) >= 11 is 1.80. The fraction of sp³-hybridized carbons (Fsp3) is 0.462. The Hall–Kier alpha value is -1.49. The zero-order chi connectivity index (χ0) is 12.7. The minimum Gasteiger partial charge on any atom is -0.394 e. The SMILES string of the molecule is Cc1nn(C)c(N(Cc2cccs2)C2CC2)c1N. The minimum absolute atomic E-state index is 0.629. The zero-order valence-electron chi connectivity index (χ0n) is 10.8. The van der Waals surface area contributed by atoms with Gasteiger partial charge in [0.15, 0.2) is 5.82 Å². The van der Waals surface area contributed by atoms with E-state index < -0.39 is 0 Å². The Labute approximate surface area is 111 Å². The molecule has 2 heterocycles. The maximum absolute atomic E-state index is 6.18. The van der Waals surface area contributed by atoms with Crippen molar-refractivity contribution in [3.63, 3.8) is 0 Å². The molecule has 2 aromatic rings. The molecule has 0 spiro atoms. The molecule has 0 atom stereocenters. The number of anilines is 2. The molecule has 0 aliphatic heterocycles. The van der Waals surface area contributed by atoms with Gasteiger partial charge in [0.1, 0.15) is 0 Å². The Morgan fingerprint density at radius 1 is 1.56 bits per heavy atom. The average molecular weight is 262 g/mol. The summed E-state index contributed by atoms with van der Waals surface area (Å²) in [6.07, 6.45) is 2.52. The van der Waals surface area contributed by atoms with Gasteiger partial charge in [-0.15, -0.1) is 11.3 Å². The van der Waals surface area contributed by atoms with E-state index in [1.807, 2.05) is 18.7 Å². The largest absolute Gasteiger partial charge is 0.394 e. The predicted molar refractivity (Wildman–Crippen MR) is 75.9 cm³/mol. The lowest BCUT2D eigenvalue weighted by Gasteiger charge is -2.24. The predicted octanol–water partition coefficient (Wildman–Crippen LogP) is 2.54. The van der Waals surface area contributed by atoms with E-state index >= 15 is 0 Å². The van der Waals surface area contributed by atoms with Crippen molar-refractivity contribution in [3.05, 3.63) is 28.1 Å².